The largest absolute Gasteiger partial charge is 0.481 e. The fourth-order valence-corrected chi connectivity index (χ4v) is 6.35. The SMILES string of the molecule is CCCCCCCCCCCCCC(=O)N[C@@H](CCCCN)C(=O)N[C@@H](CCCCN)C(=O)NCC(=O)N[C@@H](CCC(=O)O)C(=O)N[C@@H](CCSC)C(N)=O. The minimum atomic E-state index is -1.32. The summed E-state index contributed by atoms with van der Waals surface area (Å²) in [6.45, 7) is 2.43. The molecule has 318 valence electrons. The van der Waals surface area contributed by atoms with Gasteiger partial charge in [0.05, 0.1) is 6.54 Å². The molecule has 0 radical (unpaired) electrons. The first-order valence-electron chi connectivity index (χ1n) is 20.3. The maximum Gasteiger partial charge on any atom is 0.303 e. The number of nitrogens with two attached hydrogens (primary N) is 3. The molecule has 55 heavy (non-hydrogen) atoms. The van der Waals surface area contributed by atoms with Gasteiger partial charge < -0.3 is 48.9 Å². The second kappa shape index (κ2) is 33.9. The topological polar surface area (TPSA) is 278 Å². The molecule has 0 saturated carbocycles. The van der Waals surface area contributed by atoms with Gasteiger partial charge >= 0.3 is 5.97 Å². The van der Waals surface area contributed by atoms with Crippen molar-refractivity contribution in [1.82, 2.24) is 26.6 Å². The predicted molar refractivity (Wildman–Crippen MR) is 217 cm³/mol. The zero-order valence-electron chi connectivity index (χ0n) is 33.4. The van der Waals surface area contributed by atoms with Crippen LogP contribution in [0.25, 0.3) is 0 Å². The van der Waals surface area contributed by atoms with Gasteiger partial charge in [-0.15, -0.1) is 0 Å². The van der Waals surface area contributed by atoms with Crippen molar-refractivity contribution >= 4 is 53.2 Å². The van der Waals surface area contributed by atoms with Gasteiger partial charge in [0.1, 0.15) is 24.2 Å². The number of rotatable bonds is 36. The molecule has 0 saturated heterocycles. The number of carboxylic acids is 1. The molecule has 17 heteroatoms. The molecule has 6 amide bonds. The normalized spacial score (nSPS) is 13.2. The van der Waals surface area contributed by atoms with Crippen LogP contribution >= 0.6 is 11.8 Å². The summed E-state index contributed by atoms with van der Waals surface area (Å²) in [5.74, 6) is -4.46. The number of unbranched alkanes of at least 4 members (excludes halogenated alkanes) is 12. The van der Waals surface area contributed by atoms with Crippen LogP contribution in [0, 0.1) is 0 Å². The van der Waals surface area contributed by atoms with Gasteiger partial charge in [-0.05, 0) is 82.9 Å². The fourth-order valence-electron chi connectivity index (χ4n) is 5.88. The minimum Gasteiger partial charge on any atom is -0.481 e. The predicted octanol–water partition coefficient (Wildman–Crippen LogP) is 2.10. The molecule has 4 atom stereocenters. The lowest BCUT2D eigenvalue weighted by atomic mass is 10.0. The lowest BCUT2D eigenvalue weighted by molar-refractivity contribution is -0.138. The fraction of sp³-hybridized carbons (Fsp3) is 0.816. The Bertz CT molecular complexity index is 1130. The summed E-state index contributed by atoms with van der Waals surface area (Å²) >= 11 is 1.44. The molecule has 0 unspecified atom stereocenters. The highest BCUT2D eigenvalue weighted by atomic mass is 32.2. The summed E-state index contributed by atoms with van der Waals surface area (Å²) in [4.78, 5) is 88.6. The number of nitrogens with one attached hydrogen (secondary N) is 5. The standard InChI is InChI=1S/C38H72N8O8S/c1-3-4-5-6-7-8-9-10-11-12-13-20-32(47)43-30(19-15-17-25-40)37(53)46-29(18-14-16-24-39)36(52)42-27-33(48)44-31(21-22-34(49)50)38(54)45-28(35(41)51)23-26-55-2/h28-31H,3-27,39-40H2,1-2H3,(H2,41,51)(H,42,52)(H,43,47)(H,44,48)(H,45,54)(H,46,53)(H,49,50)/t28-,29-,30-,31-/m0/s1. The highest BCUT2D eigenvalue weighted by Crippen LogP contribution is 2.13. The van der Waals surface area contributed by atoms with Crippen LogP contribution in [-0.2, 0) is 33.6 Å². The van der Waals surface area contributed by atoms with Crippen LogP contribution in [0.4, 0.5) is 0 Å². The molecule has 0 heterocycles. The van der Waals surface area contributed by atoms with Gasteiger partial charge in [-0.3, -0.25) is 33.6 Å². The molecular formula is C38H72N8O8S. The molecule has 0 aliphatic heterocycles. The molecule has 12 N–H and O–H groups in total. The Balaban J connectivity index is 5.34. The summed E-state index contributed by atoms with van der Waals surface area (Å²) in [5.41, 5.74) is 16.7. The molecular weight excluding hydrogens is 729 g/mol. The maximum atomic E-state index is 13.5. The monoisotopic (exact) mass is 801 g/mol. The van der Waals surface area contributed by atoms with Gasteiger partial charge in [-0.2, -0.15) is 11.8 Å². The number of aliphatic carboxylic acids is 1. The Hall–Kier alpha value is -3.44. The Kier molecular flexibility index (Phi) is 31.7. The number of amides is 6. The van der Waals surface area contributed by atoms with E-state index in [1.807, 2.05) is 6.26 Å². The molecule has 0 aromatic heterocycles. The third-order valence-corrected chi connectivity index (χ3v) is 9.82. The first-order valence-corrected chi connectivity index (χ1v) is 21.7. The quantitative estimate of drug-likeness (QED) is 0.0414. The number of carbonyl (C=O) groups excluding carboxylic acids is 6. The van der Waals surface area contributed by atoms with E-state index in [0.717, 1.165) is 19.3 Å². The van der Waals surface area contributed by atoms with Gasteiger partial charge in [0.15, 0.2) is 0 Å². The van der Waals surface area contributed by atoms with E-state index in [0.29, 0.717) is 63.8 Å². The molecule has 0 bridgehead atoms. The van der Waals surface area contributed by atoms with E-state index < -0.39 is 72.6 Å². The summed E-state index contributed by atoms with van der Waals surface area (Å²) in [6.07, 6.45) is 17.2. The highest BCUT2D eigenvalue weighted by Gasteiger charge is 2.29. The van der Waals surface area contributed by atoms with E-state index in [4.69, 9.17) is 22.3 Å². The maximum absolute atomic E-state index is 13.5. The zero-order chi connectivity index (χ0) is 41.3. The van der Waals surface area contributed by atoms with E-state index in [1.165, 1.54) is 56.7 Å². The van der Waals surface area contributed by atoms with Crippen LogP contribution in [0.5, 0.6) is 0 Å². The number of hydrogen-bond donors (Lipinski definition) is 9. The Morgan fingerprint density at radius 1 is 0.545 bits per heavy atom. The number of hydrogen-bond acceptors (Lipinski definition) is 10. The average Bonchev–Trinajstić information content (AvgIpc) is 3.15. The van der Waals surface area contributed by atoms with Crippen LogP contribution in [0.15, 0.2) is 0 Å². The van der Waals surface area contributed by atoms with E-state index in [-0.39, 0.29) is 25.2 Å². The third kappa shape index (κ3) is 27.7. The Morgan fingerprint density at radius 3 is 1.51 bits per heavy atom. The third-order valence-electron chi connectivity index (χ3n) is 9.18. The van der Waals surface area contributed by atoms with Crippen LogP contribution in [0.3, 0.4) is 0 Å². The summed E-state index contributed by atoms with van der Waals surface area (Å²) < 4.78 is 0. The first-order chi connectivity index (χ1) is 26.4. The lowest BCUT2D eigenvalue weighted by Crippen LogP contribution is -2.56. The zero-order valence-corrected chi connectivity index (χ0v) is 34.2. The van der Waals surface area contributed by atoms with E-state index >= 15 is 0 Å². The number of carbonyl (C=O) groups is 7. The van der Waals surface area contributed by atoms with Gasteiger partial charge in [0, 0.05) is 12.8 Å². The van der Waals surface area contributed by atoms with Crippen molar-refractivity contribution < 1.29 is 38.7 Å². The Morgan fingerprint density at radius 2 is 1.02 bits per heavy atom. The van der Waals surface area contributed by atoms with Gasteiger partial charge in [0.25, 0.3) is 0 Å². The molecule has 0 spiro atoms. The smallest absolute Gasteiger partial charge is 0.303 e. The van der Waals surface area contributed by atoms with Gasteiger partial charge in [-0.1, -0.05) is 71.1 Å². The van der Waals surface area contributed by atoms with Crippen molar-refractivity contribution in [3.05, 3.63) is 0 Å². The van der Waals surface area contributed by atoms with Crippen LogP contribution in [0.1, 0.15) is 142 Å². The number of carboxylic acid groups (broad SMARTS) is 1. The molecule has 0 aromatic rings. The molecule has 16 nitrogen and oxygen atoms in total. The Labute approximate surface area is 332 Å². The van der Waals surface area contributed by atoms with Crippen molar-refractivity contribution in [2.75, 3.05) is 31.6 Å². The van der Waals surface area contributed by atoms with Crippen LogP contribution < -0.4 is 43.8 Å². The molecule has 0 aromatic carbocycles. The summed E-state index contributed by atoms with van der Waals surface area (Å²) in [7, 11) is 0. The average molecular weight is 801 g/mol. The lowest BCUT2D eigenvalue weighted by Gasteiger charge is -2.24. The number of primary amides is 1. The van der Waals surface area contributed by atoms with E-state index in [1.54, 1.807) is 0 Å². The van der Waals surface area contributed by atoms with Crippen molar-refractivity contribution in [3.8, 4) is 0 Å². The van der Waals surface area contributed by atoms with Gasteiger partial charge in [-0.25, -0.2) is 0 Å². The summed E-state index contributed by atoms with van der Waals surface area (Å²) in [5, 5.41) is 22.1. The van der Waals surface area contributed by atoms with Crippen molar-refractivity contribution in [2.24, 2.45) is 17.2 Å². The van der Waals surface area contributed by atoms with Crippen molar-refractivity contribution in [3.63, 3.8) is 0 Å². The van der Waals surface area contributed by atoms with E-state index in [2.05, 4.69) is 33.5 Å². The second-order valence-corrected chi connectivity index (χ2v) is 15.0. The number of thioether (sulfide) groups is 1. The van der Waals surface area contributed by atoms with Crippen molar-refractivity contribution in [2.45, 2.75) is 166 Å². The molecule has 0 rings (SSSR count). The molecule has 0 fully saturated rings. The minimum absolute atomic E-state index is 0.215. The second-order valence-electron chi connectivity index (χ2n) is 14.1. The molecule has 0 aliphatic carbocycles. The first kappa shape index (κ1) is 51.6. The highest BCUT2D eigenvalue weighted by molar-refractivity contribution is 7.98. The van der Waals surface area contributed by atoms with E-state index in [9.17, 15) is 33.6 Å². The molecule has 0 aliphatic rings. The van der Waals surface area contributed by atoms with Crippen LogP contribution in [0.2, 0.25) is 0 Å². The van der Waals surface area contributed by atoms with Gasteiger partial charge in [0.2, 0.25) is 35.4 Å². The summed E-state index contributed by atoms with van der Waals surface area (Å²) in [6, 6.07) is -4.27. The van der Waals surface area contributed by atoms with Crippen molar-refractivity contribution in [1.29, 1.82) is 0 Å². The van der Waals surface area contributed by atoms with Crippen LogP contribution in [-0.4, -0.2) is 102 Å².